The Morgan fingerprint density at radius 3 is 2.96 bits per heavy atom. The van der Waals surface area contributed by atoms with E-state index in [1.807, 2.05) is 25.5 Å². The fourth-order valence-electron chi connectivity index (χ4n) is 3.82. The van der Waals surface area contributed by atoms with Crippen LogP contribution in [0, 0.1) is 0 Å². The van der Waals surface area contributed by atoms with E-state index in [-0.39, 0.29) is 5.63 Å². The van der Waals surface area contributed by atoms with E-state index in [0.29, 0.717) is 11.5 Å². The van der Waals surface area contributed by atoms with E-state index in [1.54, 1.807) is 6.07 Å². The van der Waals surface area contributed by atoms with Crippen LogP contribution in [0.2, 0.25) is 0 Å². The van der Waals surface area contributed by atoms with Crippen molar-refractivity contribution in [2.24, 2.45) is 7.05 Å². The highest BCUT2D eigenvalue weighted by atomic mass is 16.4. The Labute approximate surface area is 146 Å². The largest absolute Gasteiger partial charge is 0.423 e. The molecule has 25 heavy (non-hydrogen) atoms. The Hall–Kier alpha value is -2.40. The van der Waals surface area contributed by atoms with E-state index in [2.05, 4.69) is 33.5 Å². The van der Waals surface area contributed by atoms with Gasteiger partial charge in [0, 0.05) is 49.9 Å². The van der Waals surface area contributed by atoms with E-state index < -0.39 is 0 Å². The summed E-state index contributed by atoms with van der Waals surface area (Å²) >= 11 is 0. The summed E-state index contributed by atoms with van der Waals surface area (Å²) in [4.78, 5) is 18.9. The van der Waals surface area contributed by atoms with Crippen LogP contribution in [-0.4, -0.2) is 27.5 Å². The number of imidazole rings is 1. The molecule has 1 aromatic carbocycles. The van der Waals surface area contributed by atoms with E-state index in [0.717, 1.165) is 49.2 Å². The van der Waals surface area contributed by atoms with Crippen molar-refractivity contribution in [1.29, 1.82) is 0 Å². The van der Waals surface area contributed by atoms with Gasteiger partial charge < -0.3 is 8.98 Å². The predicted octanol–water partition coefficient (Wildman–Crippen LogP) is 3.08. The van der Waals surface area contributed by atoms with Gasteiger partial charge in [-0.15, -0.1) is 0 Å². The smallest absolute Gasteiger partial charge is 0.336 e. The summed E-state index contributed by atoms with van der Waals surface area (Å²) in [5.74, 6) is 1.60. The van der Waals surface area contributed by atoms with Gasteiger partial charge in [0.1, 0.15) is 11.4 Å². The van der Waals surface area contributed by atoms with Crippen LogP contribution in [0.1, 0.15) is 36.2 Å². The summed E-state index contributed by atoms with van der Waals surface area (Å²) in [6, 6.07) is 7.83. The summed E-state index contributed by atoms with van der Waals surface area (Å²) < 4.78 is 7.52. The molecule has 2 aromatic heterocycles. The minimum absolute atomic E-state index is 0.268. The second-order valence-electron chi connectivity index (χ2n) is 6.89. The summed E-state index contributed by atoms with van der Waals surface area (Å²) in [6.45, 7) is 4.87. The second kappa shape index (κ2) is 6.48. The van der Waals surface area contributed by atoms with Crippen molar-refractivity contribution in [2.45, 2.75) is 32.2 Å². The van der Waals surface area contributed by atoms with Crippen molar-refractivity contribution in [3.05, 3.63) is 64.0 Å². The highest BCUT2D eigenvalue weighted by Gasteiger charge is 2.27. The Balaban J connectivity index is 1.59. The van der Waals surface area contributed by atoms with Gasteiger partial charge >= 0.3 is 5.63 Å². The zero-order valence-electron chi connectivity index (χ0n) is 14.7. The average Bonchev–Trinajstić information content (AvgIpc) is 3.22. The van der Waals surface area contributed by atoms with Gasteiger partial charge in [-0.1, -0.05) is 19.1 Å². The van der Waals surface area contributed by atoms with Crippen LogP contribution >= 0.6 is 0 Å². The lowest BCUT2D eigenvalue weighted by Crippen LogP contribution is -2.21. The van der Waals surface area contributed by atoms with Crippen LogP contribution in [0.15, 0.2) is 45.9 Å². The summed E-state index contributed by atoms with van der Waals surface area (Å²) in [6.07, 6.45) is 5.89. The van der Waals surface area contributed by atoms with Crippen LogP contribution in [0.5, 0.6) is 0 Å². The van der Waals surface area contributed by atoms with E-state index in [1.165, 1.54) is 5.56 Å². The summed E-state index contributed by atoms with van der Waals surface area (Å²) in [7, 11) is 2.05. The van der Waals surface area contributed by atoms with Crippen molar-refractivity contribution in [1.82, 2.24) is 14.5 Å². The van der Waals surface area contributed by atoms with Gasteiger partial charge in [-0.25, -0.2) is 9.78 Å². The van der Waals surface area contributed by atoms with Gasteiger partial charge in [0.15, 0.2) is 0 Å². The molecule has 0 saturated carbocycles. The second-order valence-corrected chi connectivity index (χ2v) is 6.89. The van der Waals surface area contributed by atoms with Crippen LogP contribution in [0.4, 0.5) is 0 Å². The van der Waals surface area contributed by atoms with Crippen LogP contribution in [0.3, 0.4) is 0 Å². The SMILES string of the molecule is CCc1ccc2c(CN3CC[C@H](c4nccn4C)C3)cc(=O)oc2c1. The fourth-order valence-corrected chi connectivity index (χ4v) is 3.82. The molecule has 0 aliphatic carbocycles. The topological polar surface area (TPSA) is 51.3 Å². The average molecular weight is 337 g/mol. The first-order chi connectivity index (χ1) is 12.1. The lowest BCUT2D eigenvalue weighted by atomic mass is 10.1. The normalized spacial score (nSPS) is 18.2. The molecule has 0 spiro atoms. The molecule has 5 nitrogen and oxygen atoms in total. The maximum Gasteiger partial charge on any atom is 0.336 e. The number of hydrogen-bond donors (Lipinski definition) is 0. The molecule has 0 radical (unpaired) electrons. The molecule has 1 atom stereocenters. The van der Waals surface area contributed by atoms with Crippen LogP contribution in [-0.2, 0) is 20.0 Å². The minimum atomic E-state index is -0.268. The summed E-state index contributed by atoms with van der Waals surface area (Å²) in [5, 5.41) is 1.04. The monoisotopic (exact) mass is 337 g/mol. The molecule has 0 unspecified atom stereocenters. The lowest BCUT2D eigenvalue weighted by Gasteiger charge is -2.17. The molecule has 3 aromatic rings. The van der Waals surface area contributed by atoms with Gasteiger partial charge in [-0.3, -0.25) is 4.90 Å². The first-order valence-corrected chi connectivity index (χ1v) is 8.89. The number of aryl methyl sites for hydroxylation is 2. The molecular weight excluding hydrogens is 314 g/mol. The third-order valence-corrected chi connectivity index (χ3v) is 5.19. The Morgan fingerprint density at radius 1 is 1.32 bits per heavy atom. The van der Waals surface area contributed by atoms with Crippen LogP contribution < -0.4 is 5.63 Å². The zero-order valence-corrected chi connectivity index (χ0v) is 14.7. The number of benzene rings is 1. The minimum Gasteiger partial charge on any atom is -0.423 e. The molecule has 1 fully saturated rings. The lowest BCUT2D eigenvalue weighted by molar-refractivity contribution is 0.325. The fraction of sp³-hybridized carbons (Fsp3) is 0.400. The number of fused-ring (bicyclic) bond motifs is 1. The number of likely N-dealkylation sites (tertiary alicyclic amines) is 1. The predicted molar refractivity (Wildman–Crippen MR) is 97.7 cm³/mol. The Morgan fingerprint density at radius 2 is 2.20 bits per heavy atom. The molecule has 130 valence electrons. The molecule has 1 aliphatic rings. The molecule has 5 heteroatoms. The van der Waals surface area contributed by atoms with Crippen molar-refractivity contribution in [3.8, 4) is 0 Å². The van der Waals surface area contributed by atoms with Crippen molar-refractivity contribution < 1.29 is 4.42 Å². The van der Waals surface area contributed by atoms with Crippen LogP contribution in [0.25, 0.3) is 11.0 Å². The van der Waals surface area contributed by atoms with E-state index >= 15 is 0 Å². The number of aromatic nitrogens is 2. The van der Waals surface area contributed by atoms with Gasteiger partial charge in [0.2, 0.25) is 0 Å². The molecule has 1 aliphatic heterocycles. The maximum atomic E-state index is 12.0. The zero-order chi connectivity index (χ0) is 17.4. The van der Waals surface area contributed by atoms with E-state index in [9.17, 15) is 4.79 Å². The molecular formula is C20H23N3O2. The molecule has 1 saturated heterocycles. The molecule has 0 N–H and O–H groups in total. The maximum absolute atomic E-state index is 12.0. The van der Waals surface area contributed by atoms with Crippen molar-refractivity contribution in [2.75, 3.05) is 13.1 Å². The van der Waals surface area contributed by atoms with Crippen molar-refractivity contribution >= 4 is 11.0 Å². The van der Waals surface area contributed by atoms with Crippen molar-refractivity contribution in [3.63, 3.8) is 0 Å². The molecule has 0 bridgehead atoms. The Kier molecular flexibility index (Phi) is 4.17. The van der Waals surface area contributed by atoms with Gasteiger partial charge in [0.25, 0.3) is 0 Å². The number of rotatable bonds is 4. The van der Waals surface area contributed by atoms with Gasteiger partial charge in [-0.05, 0) is 36.6 Å². The molecule has 0 amide bonds. The first kappa shape index (κ1) is 16.1. The van der Waals surface area contributed by atoms with Gasteiger partial charge in [0.05, 0.1) is 0 Å². The number of hydrogen-bond acceptors (Lipinski definition) is 4. The third kappa shape index (κ3) is 3.12. The first-order valence-electron chi connectivity index (χ1n) is 8.89. The molecule has 4 rings (SSSR count). The van der Waals surface area contributed by atoms with E-state index in [4.69, 9.17) is 4.42 Å². The standard InChI is InChI=1S/C20H23N3O2/c1-3-14-4-5-17-16(11-19(24)25-18(17)10-14)13-23-8-6-15(12-23)20-21-7-9-22(20)2/h4-5,7,9-11,15H,3,6,8,12-13H2,1-2H3/t15-/m0/s1. The highest BCUT2D eigenvalue weighted by Crippen LogP contribution is 2.28. The van der Waals surface area contributed by atoms with Gasteiger partial charge in [-0.2, -0.15) is 0 Å². The summed E-state index contributed by atoms with van der Waals surface area (Å²) in [5.41, 5.74) is 2.66. The quantitative estimate of drug-likeness (QED) is 0.687. The highest BCUT2D eigenvalue weighted by molar-refractivity contribution is 5.80. The molecule has 3 heterocycles. The third-order valence-electron chi connectivity index (χ3n) is 5.19. The number of nitrogens with zero attached hydrogens (tertiary/aromatic N) is 3. The Bertz CT molecular complexity index is 957.